The number of alkyl halides is 3. The molecule has 1 aromatic rings. The molecule has 3 aliphatic rings. The normalized spacial score (nSPS) is 27.9. The van der Waals surface area contributed by atoms with E-state index < -0.39 is 36.3 Å². The lowest BCUT2D eigenvalue weighted by Crippen LogP contribution is -2.71. The molecule has 2 heterocycles. The van der Waals surface area contributed by atoms with Gasteiger partial charge in [-0.1, -0.05) is 0 Å². The minimum atomic E-state index is -4.66. The fourth-order valence-corrected chi connectivity index (χ4v) is 4.66. The highest BCUT2D eigenvalue weighted by atomic mass is 19.4. The molecular formula is C20H25F3N6O3. The van der Waals surface area contributed by atoms with E-state index in [1.54, 1.807) is 4.90 Å². The van der Waals surface area contributed by atoms with Crippen molar-refractivity contribution in [1.82, 2.24) is 14.7 Å². The number of halogens is 3. The fourth-order valence-electron chi connectivity index (χ4n) is 4.66. The summed E-state index contributed by atoms with van der Waals surface area (Å²) in [7, 11) is 0. The van der Waals surface area contributed by atoms with E-state index in [0.29, 0.717) is 25.7 Å². The molecule has 12 heteroatoms. The summed E-state index contributed by atoms with van der Waals surface area (Å²) in [5.41, 5.74) is 2.09. The number of nitrogens with zero attached hydrogens (tertiary/aromatic N) is 4. The predicted molar refractivity (Wildman–Crippen MR) is 105 cm³/mol. The Kier molecular flexibility index (Phi) is 5.45. The molecule has 0 bridgehead atoms. The predicted octanol–water partition coefficient (Wildman–Crippen LogP) is 1.49. The molecule has 0 radical (unpaired) electrons. The van der Waals surface area contributed by atoms with E-state index >= 15 is 0 Å². The van der Waals surface area contributed by atoms with Gasteiger partial charge in [0.1, 0.15) is 5.56 Å². The number of nitrogens with one attached hydrogen (secondary N) is 1. The zero-order valence-corrected chi connectivity index (χ0v) is 17.4. The minimum absolute atomic E-state index is 0.0522. The molecule has 4 rings (SSSR count). The monoisotopic (exact) mass is 454 g/mol. The number of primary amides is 1. The number of amides is 2. The Bertz CT molecular complexity index is 951. The number of hydrogen-bond acceptors (Lipinski definition) is 6. The third-order valence-electron chi connectivity index (χ3n) is 6.92. The third kappa shape index (κ3) is 3.95. The van der Waals surface area contributed by atoms with Crippen LogP contribution in [0.5, 0.6) is 0 Å². The number of nitriles is 1. The van der Waals surface area contributed by atoms with E-state index in [2.05, 4.69) is 16.5 Å². The number of nitrogens with two attached hydrogens (primary N) is 1. The average molecular weight is 454 g/mol. The number of likely N-dealkylation sites (tertiary alicyclic amines) is 1. The Hall–Kier alpha value is -2.65. The standard InChI is InChI=1S/C20H25F3N6O3/c21-20(22,23)19(32)10-28(11-19)13-3-5-18(6-4-13,7-8-24)29-9-14(15(25)30)16(27-29)26-17(31)12-1-2-12/h9,12-13,32H,1-7,10-11H2,(H2,25,30)(H,26,27,31). The maximum absolute atomic E-state index is 12.9. The second-order valence-corrected chi connectivity index (χ2v) is 9.19. The molecule has 4 N–H and O–H groups in total. The van der Waals surface area contributed by atoms with Crippen molar-refractivity contribution in [2.45, 2.75) is 68.3 Å². The van der Waals surface area contributed by atoms with Crippen LogP contribution in [0, 0.1) is 17.2 Å². The molecule has 174 valence electrons. The van der Waals surface area contributed by atoms with Crippen molar-refractivity contribution in [3.63, 3.8) is 0 Å². The highest BCUT2D eigenvalue weighted by Crippen LogP contribution is 2.44. The van der Waals surface area contributed by atoms with Gasteiger partial charge >= 0.3 is 6.18 Å². The van der Waals surface area contributed by atoms with Crippen molar-refractivity contribution < 1.29 is 27.9 Å². The SMILES string of the molecule is N#CCC1(n2cc(C(N)=O)c(NC(=O)C3CC3)n2)CCC(N2CC(O)(C(F)(F)F)C2)CC1. The molecule has 2 amide bonds. The van der Waals surface area contributed by atoms with Crippen LogP contribution < -0.4 is 11.1 Å². The van der Waals surface area contributed by atoms with Crippen LogP contribution in [0.4, 0.5) is 19.0 Å². The molecule has 1 saturated heterocycles. The number of anilines is 1. The van der Waals surface area contributed by atoms with E-state index in [9.17, 15) is 33.1 Å². The Labute approximate surface area is 182 Å². The number of carbonyl (C=O) groups is 2. The molecule has 3 fully saturated rings. The first-order chi connectivity index (χ1) is 15.0. The maximum atomic E-state index is 12.9. The van der Waals surface area contributed by atoms with Crippen LogP contribution in [-0.4, -0.2) is 62.5 Å². The zero-order valence-electron chi connectivity index (χ0n) is 17.4. The number of aliphatic hydroxyl groups is 1. The van der Waals surface area contributed by atoms with Crippen molar-refractivity contribution >= 4 is 17.6 Å². The number of carbonyl (C=O) groups excluding carboxylic acids is 2. The van der Waals surface area contributed by atoms with E-state index in [1.165, 1.54) is 10.9 Å². The Balaban J connectivity index is 1.49. The van der Waals surface area contributed by atoms with Crippen LogP contribution in [0.25, 0.3) is 0 Å². The van der Waals surface area contributed by atoms with E-state index in [-0.39, 0.29) is 35.7 Å². The van der Waals surface area contributed by atoms with Gasteiger partial charge in [0.05, 0.1) is 18.0 Å². The first-order valence-electron chi connectivity index (χ1n) is 10.6. The van der Waals surface area contributed by atoms with E-state index in [1.807, 2.05) is 0 Å². The van der Waals surface area contributed by atoms with Crippen LogP contribution in [-0.2, 0) is 10.3 Å². The highest BCUT2D eigenvalue weighted by Gasteiger charge is 2.62. The van der Waals surface area contributed by atoms with Gasteiger partial charge in [0.2, 0.25) is 5.91 Å². The molecule has 1 aromatic heterocycles. The minimum Gasteiger partial charge on any atom is -0.378 e. The molecule has 2 aliphatic carbocycles. The Morgan fingerprint density at radius 2 is 1.91 bits per heavy atom. The molecule has 0 unspecified atom stereocenters. The molecule has 0 spiro atoms. The molecule has 2 saturated carbocycles. The van der Waals surface area contributed by atoms with Gasteiger partial charge in [-0.15, -0.1) is 0 Å². The van der Waals surface area contributed by atoms with Crippen LogP contribution in [0.3, 0.4) is 0 Å². The summed E-state index contributed by atoms with van der Waals surface area (Å²) in [5.74, 6) is -1.02. The van der Waals surface area contributed by atoms with Crippen molar-refractivity contribution in [3.8, 4) is 6.07 Å². The van der Waals surface area contributed by atoms with Gasteiger partial charge in [-0.25, -0.2) is 0 Å². The fraction of sp³-hybridized carbons (Fsp3) is 0.700. The molecular weight excluding hydrogens is 429 g/mol. The largest absolute Gasteiger partial charge is 0.419 e. The van der Waals surface area contributed by atoms with Crippen LogP contribution in [0.2, 0.25) is 0 Å². The van der Waals surface area contributed by atoms with Gasteiger partial charge in [-0.2, -0.15) is 23.5 Å². The lowest BCUT2D eigenvalue weighted by atomic mass is 9.75. The number of aromatic nitrogens is 2. The van der Waals surface area contributed by atoms with Crippen molar-refractivity contribution in [2.75, 3.05) is 18.4 Å². The first-order valence-corrected chi connectivity index (χ1v) is 10.6. The average Bonchev–Trinajstić information content (AvgIpc) is 3.46. The van der Waals surface area contributed by atoms with Crippen LogP contribution >= 0.6 is 0 Å². The second kappa shape index (κ2) is 7.74. The third-order valence-corrected chi connectivity index (χ3v) is 6.92. The van der Waals surface area contributed by atoms with Crippen LogP contribution in [0.15, 0.2) is 6.20 Å². The summed E-state index contributed by atoms with van der Waals surface area (Å²) in [4.78, 5) is 25.7. The summed E-state index contributed by atoms with van der Waals surface area (Å²) in [6.45, 7) is -0.922. The second-order valence-electron chi connectivity index (χ2n) is 9.19. The summed E-state index contributed by atoms with van der Waals surface area (Å²) >= 11 is 0. The van der Waals surface area contributed by atoms with E-state index in [4.69, 9.17) is 5.73 Å². The smallest absolute Gasteiger partial charge is 0.378 e. The topological polar surface area (TPSA) is 137 Å². The molecule has 0 atom stereocenters. The number of hydrogen-bond donors (Lipinski definition) is 3. The lowest BCUT2D eigenvalue weighted by molar-refractivity contribution is -0.307. The maximum Gasteiger partial charge on any atom is 0.419 e. The highest BCUT2D eigenvalue weighted by molar-refractivity contribution is 6.02. The van der Waals surface area contributed by atoms with Crippen molar-refractivity contribution in [3.05, 3.63) is 11.8 Å². The number of rotatable bonds is 6. The van der Waals surface area contributed by atoms with Crippen molar-refractivity contribution in [2.24, 2.45) is 11.7 Å². The van der Waals surface area contributed by atoms with Crippen LogP contribution in [0.1, 0.15) is 55.3 Å². The van der Waals surface area contributed by atoms with Gasteiger partial charge in [0.15, 0.2) is 11.4 Å². The molecule has 9 nitrogen and oxygen atoms in total. The first kappa shape index (κ1) is 22.5. The van der Waals surface area contributed by atoms with E-state index in [0.717, 1.165) is 12.8 Å². The molecule has 1 aliphatic heterocycles. The van der Waals surface area contributed by atoms with Gasteiger partial charge in [-0.3, -0.25) is 19.2 Å². The van der Waals surface area contributed by atoms with Gasteiger partial charge in [0, 0.05) is 31.2 Å². The van der Waals surface area contributed by atoms with Gasteiger partial charge in [-0.05, 0) is 38.5 Å². The summed E-state index contributed by atoms with van der Waals surface area (Å²) < 4.78 is 40.3. The summed E-state index contributed by atoms with van der Waals surface area (Å²) in [6.07, 6.45) is 0.317. The quantitative estimate of drug-likeness (QED) is 0.596. The number of β-amino-alcohol motifs (C(OH)–C–C–N with tert-alkyl or cyclic N) is 1. The van der Waals surface area contributed by atoms with Gasteiger partial charge in [0.25, 0.3) is 5.91 Å². The molecule has 32 heavy (non-hydrogen) atoms. The molecule has 0 aromatic carbocycles. The van der Waals surface area contributed by atoms with Crippen molar-refractivity contribution in [1.29, 1.82) is 5.26 Å². The lowest BCUT2D eigenvalue weighted by Gasteiger charge is -2.52. The summed E-state index contributed by atoms with van der Waals surface area (Å²) in [6, 6.07) is 1.99. The summed E-state index contributed by atoms with van der Waals surface area (Å²) in [5, 5.41) is 26.2. The Morgan fingerprint density at radius 3 is 2.41 bits per heavy atom. The zero-order chi connectivity index (χ0) is 23.3. The van der Waals surface area contributed by atoms with Gasteiger partial charge < -0.3 is 16.2 Å². The Morgan fingerprint density at radius 1 is 1.28 bits per heavy atom.